The number of anilines is 2. The Bertz CT molecular complexity index is 1090. The van der Waals surface area contributed by atoms with E-state index >= 15 is 0 Å². The highest BCUT2D eigenvalue weighted by molar-refractivity contribution is 7.21. The molecule has 1 aliphatic heterocycles. The van der Waals surface area contributed by atoms with Gasteiger partial charge >= 0.3 is 0 Å². The van der Waals surface area contributed by atoms with Crippen molar-refractivity contribution in [2.24, 2.45) is 11.7 Å². The monoisotopic (exact) mass is 432 g/mol. The number of carbonyl (C=O) groups excluding carboxylic acids is 2. The van der Waals surface area contributed by atoms with Crippen LogP contribution in [0.4, 0.5) is 15.9 Å². The van der Waals surface area contributed by atoms with Gasteiger partial charge < -0.3 is 16.0 Å². The molecule has 0 spiro atoms. The molecule has 1 fully saturated rings. The van der Waals surface area contributed by atoms with Gasteiger partial charge in [-0.1, -0.05) is 11.6 Å². The molecule has 4 rings (SSSR count). The van der Waals surface area contributed by atoms with Crippen LogP contribution in [-0.2, 0) is 4.79 Å². The number of fused-ring (bicyclic) bond motifs is 1. The topological polar surface area (TPSA) is 88.3 Å². The molecule has 150 valence electrons. The third-order valence-corrected chi connectivity index (χ3v) is 6.61. The van der Waals surface area contributed by atoms with Gasteiger partial charge in [0, 0.05) is 23.2 Å². The Morgan fingerprint density at radius 3 is 2.86 bits per heavy atom. The van der Waals surface area contributed by atoms with Gasteiger partial charge in [0.2, 0.25) is 5.91 Å². The highest BCUT2D eigenvalue weighted by atomic mass is 35.5. The van der Waals surface area contributed by atoms with E-state index < -0.39 is 0 Å². The number of pyridine rings is 1. The van der Waals surface area contributed by atoms with Crippen LogP contribution < -0.4 is 16.0 Å². The maximum Gasteiger partial charge on any atom is 0.267 e. The summed E-state index contributed by atoms with van der Waals surface area (Å²) in [7, 11) is 0. The normalized spacial score (nSPS) is 16.8. The van der Waals surface area contributed by atoms with E-state index in [4.69, 9.17) is 17.3 Å². The molecule has 29 heavy (non-hydrogen) atoms. The number of carbonyl (C=O) groups is 2. The average Bonchev–Trinajstić information content (AvgIpc) is 3.04. The molecule has 0 bridgehead atoms. The maximum atomic E-state index is 13.4. The van der Waals surface area contributed by atoms with Gasteiger partial charge in [-0.05, 0) is 43.2 Å². The van der Waals surface area contributed by atoms with E-state index in [0.717, 1.165) is 36.5 Å². The Hall–Kier alpha value is -2.71. The van der Waals surface area contributed by atoms with Crippen molar-refractivity contribution in [2.75, 3.05) is 23.3 Å². The van der Waals surface area contributed by atoms with Crippen molar-refractivity contribution in [3.63, 3.8) is 0 Å². The number of nitrogens with two attached hydrogens (primary N) is 1. The van der Waals surface area contributed by atoms with Crippen LogP contribution >= 0.6 is 22.9 Å². The lowest BCUT2D eigenvalue weighted by atomic mass is 9.97. The van der Waals surface area contributed by atoms with Gasteiger partial charge in [-0.2, -0.15) is 0 Å². The highest BCUT2D eigenvalue weighted by Crippen LogP contribution is 2.36. The van der Waals surface area contributed by atoms with E-state index in [0.29, 0.717) is 32.2 Å². The summed E-state index contributed by atoms with van der Waals surface area (Å²) in [5, 5.41) is 3.72. The van der Waals surface area contributed by atoms with E-state index in [1.54, 1.807) is 24.4 Å². The Morgan fingerprint density at radius 1 is 1.31 bits per heavy atom. The van der Waals surface area contributed by atoms with Crippen LogP contribution in [0.15, 0.2) is 36.5 Å². The van der Waals surface area contributed by atoms with Crippen LogP contribution in [0.25, 0.3) is 10.1 Å². The fourth-order valence-corrected chi connectivity index (χ4v) is 4.87. The van der Waals surface area contributed by atoms with Gasteiger partial charge in [0.1, 0.15) is 16.5 Å². The summed E-state index contributed by atoms with van der Waals surface area (Å²) in [4.78, 5) is 30.8. The lowest BCUT2D eigenvalue weighted by Crippen LogP contribution is -2.41. The minimum atomic E-state index is -0.377. The zero-order valence-electron chi connectivity index (χ0n) is 15.3. The predicted octanol–water partition coefficient (Wildman–Crippen LogP) is 4.04. The summed E-state index contributed by atoms with van der Waals surface area (Å²) in [5.41, 5.74) is 5.94. The number of hydrogen-bond donors (Lipinski definition) is 2. The second-order valence-corrected chi connectivity index (χ2v) is 8.36. The molecule has 1 atom stereocenters. The highest BCUT2D eigenvalue weighted by Gasteiger charge is 2.25. The number of nitrogens with one attached hydrogen (secondary N) is 1. The molecule has 2 amide bonds. The molecule has 9 heteroatoms. The van der Waals surface area contributed by atoms with Gasteiger partial charge in [0.05, 0.1) is 22.8 Å². The molecule has 1 aromatic carbocycles. The third kappa shape index (κ3) is 4.04. The second-order valence-electron chi connectivity index (χ2n) is 6.93. The number of thiophene rings is 1. The van der Waals surface area contributed by atoms with Gasteiger partial charge in [-0.3, -0.25) is 9.59 Å². The molecule has 3 aromatic rings. The maximum absolute atomic E-state index is 13.4. The number of primary amides is 1. The van der Waals surface area contributed by atoms with Crippen LogP contribution in [0.1, 0.15) is 22.5 Å². The Morgan fingerprint density at radius 2 is 2.14 bits per heavy atom. The fraction of sp³-hybridized carbons (Fsp3) is 0.250. The Labute approximate surface area is 175 Å². The Balaban J connectivity index is 1.48. The molecule has 1 saturated heterocycles. The number of piperidine rings is 1. The van der Waals surface area contributed by atoms with Crippen molar-refractivity contribution in [2.45, 2.75) is 12.8 Å². The second kappa shape index (κ2) is 7.96. The van der Waals surface area contributed by atoms with Gasteiger partial charge in [0.15, 0.2) is 0 Å². The number of amides is 2. The van der Waals surface area contributed by atoms with E-state index in [-0.39, 0.29) is 23.5 Å². The van der Waals surface area contributed by atoms with Crippen LogP contribution in [0.2, 0.25) is 5.02 Å². The molecule has 3 heterocycles. The lowest BCUT2D eigenvalue weighted by Gasteiger charge is -2.32. The van der Waals surface area contributed by atoms with Crippen molar-refractivity contribution in [3.8, 4) is 0 Å². The molecule has 0 saturated carbocycles. The summed E-state index contributed by atoms with van der Waals surface area (Å²) < 4.78 is 14.0. The van der Waals surface area contributed by atoms with Crippen molar-refractivity contribution >= 4 is 56.3 Å². The zero-order valence-corrected chi connectivity index (χ0v) is 16.9. The number of nitrogens with zero attached hydrogens (tertiary/aromatic N) is 2. The third-order valence-electron chi connectivity index (χ3n) is 4.95. The first-order chi connectivity index (χ1) is 13.9. The molecule has 0 radical (unpaired) electrons. The van der Waals surface area contributed by atoms with Crippen LogP contribution in [0.5, 0.6) is 0 Å². The molecule has 0 aliphatic carbocycles. The zero-order chi connectivity index (χ0) is 20.5. The summed E-state index contributed by atoms with van der Waals surface area (Å²) in [6.45, 7) is 1.35. The fourth-order valence-electron chi connectivity index (χ4n) is 3.44. The molecule has 3 N–H and O–H groups in total. The molecule has 6 nitrogen and oxygen atoms in total. The SMILES string of the molecule is NC(=O)C1CCCN(c2ccc(NC(=O)c3sc4cc(F)ccc4c3Cl)cn2)C1. The number of hydrogen-bond acceptors (Lipinski definition) is 5. The van der Waals surface area contributed by atoms with Crippen LogP contribution in [0.3, 0.4) is 0 Å². The number of benzene rings is 1. The van der Waals surface area contributed by atoms with Crippen molar-refractivity contribution in [3.05, 3.63) is 52.2 Å². The molecular formula is C20H18ClFN4O2S. The first kappa shape index (κ1) is 19.6. The lowest BCUT2D eigenvalue weighted by molar-refractivity contribution is -0.122. The standard InChI is InChI=1S/C20H18ClFN4O2S/c21-17-14-5-3-12(22)8-15(14)29-18(17)20(28)25-13-4-6-16(24-9-13)26-7-1-2-11(10-26)19(23)27/h3-6,8-9,11H,1-2,7,10H2,(H2,23,27)(H,25,28). The number of rotatable bonds is 4. The summed E-state index contributed by atoms with van der Waals surface area (Å²) in [5.74, 6) is -0.496. The van der Waals surface area contributed by atoms with E-state index in [1.165, 1.54) is 12.1 Å². The minimum Gasteiger partial charge on any atom is -0.369 e. The van der Waals surface area contributed by atoms with E-state index in [1.807, 2.05) is 4.90 Å². The number of aromatic nitrogens is 1. The summed E-state index contributed by atoms with van der Waals surface area (Å²) in [6.07, 6.45) is 3.22. The van der Waals surface area contributed by atoms with Gasteiger partial charge in [-0.25, -0.2) is 9.37 Å². The molecule has 2 aromatic heterocycles. The van der Waals surface area contributed by atoms with Crippen LogP contribution in [0, 0.1) is 11.7 Å². The summed E-state index contributed by atoms with van der Waals surface area (Å²) >= 11 is 7.44. The largest absolute Gasteiger partial charge is 0.369 e. The van der Waals surface area contributed by atoms with E-state index in [9.17, 15) is 14.0 Å². The van der Waals surface area contributed by atoms with Crippen LogP contribution in [-0.4, -0.2) is 29.9 Å². The minimum absolute atomic E-state index is 0.176. The smallest absolute Gasteiger partial charge is 0.267 e. The molecule has 1 aliphatic rings. The van der Waals surface area contributed by atoms with Crippen molar-refractivity contribution in [1.82, 2.24) is 4.98 Å². The molecule has 1 unspecified atom stereocenters. The first-order valence-electron chi connectivity index (χ1n) is 9.11. The van der Waals surface area contributed by atoms with Gasteiger partial charge in [0.25, 0.3) is 5.91 Å². The summed E-state index contributed by atoms with van der Waals surface area (Å²) in [6, 6.07) is 7.77. The average molecular weight is 433 g/mol. The van der Waals surface area contributed by atoms with Gasteiger partial charge in [-0.15, -0.1) is 11.3 Å². The Kier molecular flexibility index (Phi) is 5.38. The quantitative estimate of drug-likeness (QED) is 0.651. The van der Waals surface area contributed by atoms with Crippen molar-refractivity contribution in [1.29, 1.82) is 0 Å². The molecular weight excluding hydrogens is 415 g/mol. The predicted molar refractivity (Wildman–Crippen MR) is 113 cm³/mol. The number of halogens is 2. The van der Waals surface area contributed by atoms with Crippen molar-refractivity contribution < 1.29 is 14.0 Å². The van der Waals surface area contributed by atoms with E-state index in [2.05, 4.69) is 10.3 Å². The first-order valence-corrected chi connectivity index (χ1v) is 10.3.